The van der Waals surface area contributed by atoms with Crippen molar-refractivity contribution in [1.82, 2.24) is 0 Å². The van der Waals surface area contributed by atoms with Crippen molar-refractivity contribution in [2.75, 3.05) is 6.61 Å². The summed E-state index contributed by atoms with van der Waals surface area (Å²) in [6.07, 6.45) is 0.961. The number of rotatable bonds is 7. The first-order valence-electron chi connectivity index (χ1n) is 11.1. The summed E-state index contributed by atoms with van der Waals surface area (Å²) in [4.78, 5) is 10.4. The normalized spacial score (nSPS) is 11.8. The number of aryl methyl sites for hydroxylation is 1. The summed E-state index contributed by atoms with van der Waals surface area (Å²) < 4.78 is 18.6. The van der Waals surface area contributed by atoms with Crippen LogP contribution in [0, 0.1) is 0 Å². The number of benzene rings is 4. The molecule has 0 aliphatic carbocycles. The topological polar surface area (TPSA) is 46.5 Å². The number of hydrogen-bond acceptors (Lipinski definition) is 3. The summed E-state index contributed by atoms with van der Waals surface area (Å²) in [6.45, 7) is 4.41. The van der Waals surface area contributed by atoms with Crippen molar-refractivity contribution >= 4 is 36.7 Å². The molecule has 4 rings (SSSR count). The summed E-state index contributed by atoms with van der Waals surface area (Å²) in [5, 5.41) is 3.57. The van der Waals surface area contributed by atoms with Gasteiger partial charge in [-0.05, 0) is 43.2 Å². The molecule has 5 heteroatoms. The van der Waals surface area contributed by atoms with E-state index >= 15 is 0 Å². The van der Waals surface area contributed by atoms with Crippen LogP contribution >= 0.6 is 15.5 Å². The summed E-state index contributed by atoms with van der Waals surface area (Å²) in [6, 6.07) is 36.7. The van der Waals surface area contributed by atoms with E-state index < -0.39 is 15.5 Å². The first-order chi connectivity index (χ1) is 16.1. The SMILES string of the molecule is CCOP(=O)(c1ccccc1)c1ccccc1.CCc1ccccc1P(O)c1ccccc1. The second-order valence-corrected chi connectivity index (χ2v) is 11.3. The summed E-state index contributed by atoms with van der Waals surface area (Å²) in [5.41, 5.74) is 1.24. The van der Waals surface area contributed by atoms with Crippen LogP contribution in [-0.4, -0.2) is 11.5 Å². The second-order valence-electron chi connectivity index (χ2n) is 7.27. The van der Waals surface area contributed by atoms with Crippen LogP contribution in [0.3, 0.4) is 0 Å². The lowest BCUT2D eigenvalue weighted by Gasteiger charge is -2.18. The molecule has 4 aromatic rings. The Bertz CT molecular complexity index is 1110. The van der Waals surface area contributed by atoms with Gasteiger partial charge in [-0.1, -0.05) is 97.9 Å². The van der Waals surface area contributed by atoms with Crippen molar-refractivity contribution in [3.8, 4) is 0 Å². The highest BCUT2D eigenvalue weighted by Crippen LogP contribution is 2.44. The maximum Gasteiger partial charge on any atom is 0.261 e. The van der Waals surface area contributed by atoms with Crippen LogP contribution in [0.2, 0.25) is 0 Å². The zero-order valence-electron chi connectivity index (χ0n) is 19.0. The average molecular weight is 476 g/mol. The minimum Gasteiger partial charge on any atom is -0.364 e. The van der Waals surface area contributed by atoms with Crippen LogP contribution < -0.4 is 21.2 Å². The quantitative estimate of drug-likeness (QED) is 0.356. The molecular weight excluding hydrogens is 446 g/mol. The zero-order chi connectivity index (χ0) is 23.5. The maximum atomic E-state index is 13.0. The predicted octanol–water partition coefficient (Wildman–Crippen LogP) is 5.54. The monoisotopic (exact) mass is 476 g/mol. The van der Waals surface area contributed by atoms with Gasteiger partial charge in [0.2, 0.25) is 0 Å². The Hall–Kier alpha value is -2.54. The lowest BCUT2D eigenvalue weighted by Crippen LogP contribution is -2.17. The fraction of sp³-hybridized carbons (Fsp3) is 0.143. The minimum absolute atomic E-state index is 0.432. The van der Waals surface area contributed by atoms with Crippen molar-refractivity contribution in [2.24, 2.45) is 0 Å². The van der Waals surface area contributed by atoms with Crippen LogP contribution in [0.4, 0.5) is 0 Å². The standard InChI is InChI=1S/C14H15O2P.C14H15OP/c1-2-16-17(15,13-9-5-3-6-10-13)14-11-7-4-8-12-14;1-2-12-8-6-7-11-14(12)16(15)13-9-4-3-5-10-13/h3-12H,2H2,1H3;3-11,15H,2H2,1H3. The third-order valence-electron chi connectivity index (χ3n) is 5.10. The van der Waals surface area contributed by atoms with Gasteiger partial charge in [0.25, 0.3) is 7.37 Å². The molecule has 0 amide bonds. The van der Waals surface area contributed by atoms with E-state index in [0.29, 0.717) is 6.61 Å². The van der Waals surface area contributed by atoms with E-state index in [1.165, 1.54) is 5.56 Å². The Morgan fingerprint density at radius 3 is 1.64 bits per heavy atom. The maximum absolute atomic E-state index is 13.0. The second kappa shape index (κ2) is 12.6. The first-order valence-corrected chi connectivity index (χ1v) is 14.0. The molecule has 0 aromatic heterocycles. The molecule has 0 spiro atoms. The molecule has 0 aliphatic rings. The molecule has 0 saturated heterocycles. The lowest BCUT2D eigenvalue weighted by atomic mass is 10.2. The molecule has 170 valence electrons. The fourth-order valence-corrected chi connectivity index (χ4v) is 7.01. The third-order valence-corrected chi connectivity index (χ3v) is 9.36. The van der Waals surface area contributed by atoms with Gasteiger partial charge in [0.15, 0.2) is 0 Å². The molecular formula is C28H30O3P2. The van der Waals surface area contributed by atoms with Gasteiger partial charge in [0, 0.05) is 21.2 Å². The van der Waals surface area contributed by atoms with Crippen molar-refractivity contribution in [1.29, 1.82) is 0 Å². The van der Waals surface area contributed by atoms with E-state index in [1.807, 2.05) is 116 Å². The molecule has 1 unspecified atom stereocenters. The Balaban J connectivity index is 0.000000186. The Morgan fingerprint density at radius 2 is 1.15 bits per heavy atom. The molecule has 0 aliphatic heterocycles. The molecule has 0 saturated carbocycles. The van der Waals surface area contributed by atoms with Gasteiger partial charge < -0.3 is 9.42 Å². The van der Waals surface area contributed by atoms with E-state index in [1.54, 1.807) is 0 Å². The van der Waals surface area contributed by atoms with Crippen LogP contribution in [-0.2, 0) is 15.5 Å². The van der Waals surface area contributed by atoms with E-state index in [4.69, 9.17) is 4.52 Å². The molecule has 1 atom stereocenters. The highest BCUT2D eigenvalue weighted by Gasteiger charge is 2.27. The lowest BCUT2D eigenvalue weighted by molar-refractivity contribution is 0.348. The van der Waals surface area contributed by atoms with Gasteiger partial charge in [-0.25, -0.2) is 0 Å². The molecule has 0 bridgehead atoms. The highest BCUT2D eigenvalue weighted by molar-refractivity contribution is 7.74. The molecule has 4 aromatic carbocycles. The largest absolute Gasteiger partial charge is 0.364 e. The minimum atomic E-state index is -2.92. The highest BCUT2D eigenvalue weighted by atomic mass is 31.2. The van der Waals surface area contributed by atoms with Crippen molar-refractivity contribution < 1.29 is 14.0 Å². The first kappa shape index (κ1) is 25.1. The zero-order valence-corrected chi connectivity index (χ0v) is 20.8. The summed E-state index contributed by atoms with van der Waals surface area (Å²) in [7, 11) is -4.12. The van der Waals surface area contributed by atoms with E-state index in [2.05, 4.69) is 13.0 Å². The smallest absolute Gasteiger partial charge is 0.261 e. The van der Waals surface area contributed by atoms with Crippen LogP contribution in [0.1, 0.15) is 19.4 Å². The molecule has 33 heavy (non-hydrogen) atoms. The van der Waals surface area contributed by atoms with Crippen molar-refractivity contribution in [3.05, 3.63) is 121 Å². The van der Waals surface area contributed by atoms with Gasteiger partial charge in [-0.2, -0.15) is 0 Å². The van der Waals surface area contributed by atoms with Crippen LogP contribution in [0.25, 0.3) is 0 Å². The van der Waals surface area contributed by atoms with Gasteiger partial charge in [-0.3, -0.25) is 4.57 Å². The van der Waals surface area contributed by atoms with Crippen molar-refractivity contribution in [2.45, 2.75) is 20.3 Å². The van der Waals surface area contributed by atoms with Crippen LogP contribution in [0.5, 0.6) is 0 Å². The van der Waals surface area contributed by atoms with Crippen molar-refractivity contribution in [3.63, 3.8) is 0 Å². The number of hydrogen-bond donors (Lipinski definition) is 1. The Kier molecular flexibility index (Phi) is 9.61. The predicted molar refractivity (Wildman–Crippen MR) is 142 cm³/mol. The third kappa shape index (κ3) is 6.50. The molecule has 3 nitrogen and oxygen atoms in total. The van der Waals surface area contributed by atoms with Gasteiger partial charge >= 0.3 is 0 Å². The fourth-order valence-electron chi connectivity index (χ4n) is 3.45. The summed E-state index contributed by atoms with van der Waals surface area (Å²) in [5.74, 6) is 0. The Labute approximate surface area is 198 Å². The van der Waals surface area contributed by atoms with E-state index in [0.717, 1.165) is 27.6 Å². The van der Waals surface area contributed by atoms with E-state index in [-0.39, 0.29) is 0 Å². The molecule has 1 N–H and O–H groups in total. The van der Waals surface area contributed by atoms with Gasteiger partial charge in [0.1, 0.15) is 0 Å². The van der Waals surface area contributed by atoms with E-state index in [9.17, 15) is 9.46 Å². The van der Waals surface area contributed by atoms with Gasteiger partial charge in [-0.15, -0.1) is 0 Å². The molecule has 0 radical (unpaired) electrons. The Morgan fingerprint density at radius 1 is 0.697 bits per heavy atom. The van der Waals surface area contributed by atoms with Crippen LogP contribution in [0.15, 0.2) is 115 Å². The average Bonchev–Trinajstić information content (AvgIpc) is 2.90. The summed E-state index contributed by atoms with van der Waals surface area (Å²) >= 11 is 0. The van der Waals surface area contributed by atoms with Gasteiger partial charge in [0.05, 0.1) is 14.8 Å². The molecule has 0 heterocycles. The molecule has 0 fully saturated rings.